The summed E-state index contributed by atoms with van der Waals surface area (Å²) in [6.07, 6.45) is 1.62. The van der Waals surface area contributed by atoms with Gasteiger partial charge < -0.3 is 14.9 Å². The molecule has 27 heavy (non-hydrogen) atoms. The van der Waals surface area contributed by atoms with Crippen LogP contribution < -0.4 is 4.74 Å². The van der Waals surface area contributed by atoms with Crippen LogP contribution in [0.1, 0.15) is 59.8 Å². The number of carboxylic acids is 2. The van der Waals surface area contributed by atoms with E-state index in [1.54, 1.807) is 30.3 Å². The van der Waals surface area contributed by atoms with E-state index in [-0.39, 0.29) is 5.56 Å². The lowest BCUT2D eigenvalue weighted by atomic mass is 9.97. The first kappa shape index (κ1) is 21.0. The van der Waals surface area contributed by atoms with Gasteiger partial charge in [-0.3, -0.25) is 0 Å². The fraction of sp³-hybridized carbons (Fsp3) is 0.333. The third-order valence-electron chi connectivity index (χ3n) is 4.14. The van der Waals surface area contributed by atoms with Gasteiger partial charge in [0.25, 0.3) is 0 Å². The Kier molecular flexibility index (Phi) is 7.42. The highest BCUT2D eigenvalue weighted by Gasteiger charge is 2.25. The van der Waals surface area contributed by atoms with Crippen LogP contribution in [0.4, 0.5) is 0 Å². The maximum absolute atomic E-state index is 11.9. The van der Waals surface area contributed by atoms with Gasteiger partial charge in [-0.1, -0.05) is 54.8 Å². The lowest BCUT2D eigenvalue weighted by molar-refractivity contribution is -0.145. The van der Waals surface area contributed by atoms with Crippen molar-refractivity contribution >= 4 is 27.9 Å². The lowest BCUT2D eigenvalue weighted by Gasteiger charge is -2.21. The molecule has 0 aliphatic heterocycles. The normalized spacial score (nSPS) is 11.8. The fourth-order valence-electron chi connectivity index (χ4n) is 2.99. The second-order valence-corrected chi connectivity index (χ2v) is 7.24. The van der Waals surface area contributed by atoms with Crippen LogP contribution in [-0.4, -0.2) is 22.2 Å². The van der Waals surface area contributed by atoms with Crippen LogP contribution in [-0.2, 0) is 17.6 Å². The van der Waals surface area contributed by atoms with Gasteiger partial charge in [0.05, 0.1) is 5.56 Å². The van der Waals surface area contributed by atoms with Crippen LogP contribution in [0.3, 0.4) is 0 Å². The van der Waals surface area contributed by atoms with Crippen LogP contribution in [0, 0.1) is 0 Å². The molecule has 0 amide bonds. The quantitative estimate of drug-likeness (QED) is 0.562. The monoisotopic (exact) mass is 434 g/mol. The molecule has 0 spiro atoms. The number of ether oxygens (including phenoxy) is 1. The van der Waals surface area contributed by atoms with E-state index in [1.807, 2.05) is 19.9 Å². The zero-order valence-electron chi connectivity index (χ0n) is 15.4. The second kappa shape index (κ2) is 9.55. The first-order valence-electron chi connectivity index (χ1n) is 8.91. The maximum atomic E-state index is 11.9. The summed E-state index contributed by atoms with van der Waals surface area (Å²) in [6, 6.07) is 10.2. The summed E-state index contributed by atoms with van der Waals surface area (Å²) < 4.78 is 6.77. The van der Waals surface area contributed by atoms with Gasteiger partial charge in [0.1, 0.15) is 5.75 Å². The number of aromatic carboxylic acids is 1. The first-order valence-corrected chi connectivity index (χ1v) is 9.70. The highest BCUT2D eigenvalue weighted by Crippen LogP contribution is 2.33. The molecule has 0 aromatic heterocycles. The molecule has 2 rings (SSSR count). The molecule has 2 aromatic carbocycles. The van der Waals surface area contributed by atoms with E-state index < -0.39 is 18.0 Å². The predicted molar refractivity (Wildman–Crippen MR) is 107 cm³/mol. The molecule has 0 saturated carbocycles. The molecule has 0 fully saturated rings. The Morgan fingerprint density at radius 3 is 2.07 bits per heavy atom. The summed E-state index contributed by atoms with van der Waals surface area (Å²) in [5.41, 5.74) is 2.16. The number of aliphatic carboxylic acids is 1. The van der Waals surface area contributed by atoms with Crippen LogP contribution in [0.15, 0.2) is 40.9 Å². The summed E-state index contributed by atoms with van der Waals surface area (Å²) >= 11 is 3.36. The Labute approximate surface area is 167 Å². The van der Waals surface area contributed by atoms with Crippen molar-refractivity contribution in [1.82, 2.24) is 0 Å². The van der Waals surface area contributed by atoms with Gasteiger partial charge in [-0.25, -0.2) is 9.59 Å². The minimum atomic E-state index is -1.18. The highest BCUT2D eigenvalue weighted by atomic mass is 79.9. The number of hydrogen-bond donors (Lipinski definition) is 2. The Morgan fingerprint density at radius 1 is 1.04 bits per heavy atom. The van der Waals surface area contributed by atoms with Crippen molar-refractivity contribution in [2.24, 2.45) is 0 Å². The molecule has 2 aromatic rings. The van der Waals surface area contributed by atoms with Crippen molar-refractivity contribution in [2.45, 2.75) is 45.6 Å². The van der Waals surface area contributed by atoms with Crippen molar-refractivity contribution < 1.29 is 24.5 Å². The van der Waals surface area contributed by atoms with Gasteiger partial charge in [-0.2, -0.15) is 0 Å². The fourth-order valence-corrected chi connectivity index (χ4v) is 3.40. The first-order chi connectivity index (χ1) is 12.9. The van der Waals surface area contributed by atoms with Crippen LogP contribution >= 0.6 is 15.9 Å². The molecule has 0 aliphatic carbocycles. The van der Waals surface area contributed by atoms with E-state index in [2.05, 4.69) is 15.9 Å². The number of rotatable bonds is 9. The van der Waals surface area contributed by atoms with E-state index in [1.165, 1.54) is 0 Å². The Morgan fingerprint density at radius 2 is 1.63 bits per heavy atom. The topological polar surface area (TPSA) is 83.8 Å². The summed E-state index contributed by atoms with van der Waals surface area (Å²) in [4.78, 5) is 23.4. The van der Waals surface area contributed by atoms with Gasteiger partial charge >= 0.3 is 11.9 Å². The molecule has 144 valence electrons. The molecular formula is C21H23BrO5. The minimum absolute atomic E-state index is 0.198. The van der Waals surface area contributed by atoms with Gasteiger partial charge in [-0.15, -0.1) is 0 Å². The van der Waals surface area contributed by atoms with Crippen LogP contribution in [0.25, 0.3) is 0 Å². The van der Waals surface area contributed by atoms with Crippen LogP contribution in [0.2, 0.25) is 0 Å². The van der Waals surface area contributed by atoms with Crippen molar-refractivity contribution in [2.75, 3.05) is 0 Å². The van der Waals surface area contributed by atoms with Gasteiger partial charge in [-0.05, 0) is 48.2 Å². The average Bonchev–Trinajstić information content (AvgIpc) is 2.60. The summed E-state index contributed by atoms with van der Waals surface area (Å²) in [7, 11) is 0. The number of hydrogen-bond acceptors (Lipinski definition) is 3. The zero-order chi connectivity index (χ0) is 20.0. The van der Waals surface area contributed by atoms with Gasteiger partial charge in [0.2, 0.25) is 6.10 Å². The van der Waals surface area contributed by atoms with E-state index in [9.17, 15) is 19.8 Å². The molecule has 0 saturated heterocycles. The third kappa shape index (κ3) is 5.32. The Balaban J connectivity index is 2.56. The zero-order valence-corrected chi connectivity index (χ0v) is 17.0. The van der Waals surface area contributed by atoms with Crippen molar-refractivity contribution in [3.8, 4) is 5.75 Å². The van der Waals surface area contributed by atoms with Crippen molar-refractivity contribution in [1.29, 1.82) is 0 Å². The molecule has 0 radical (unpaired) electrons. The molecule has 0 bridgehead atoms. The Bertz CT molecular complexity index is 804. The van der Waals surface area contributed by atoms with Crippen LogP contribution in [0.5, 0.6) is 5.75 Å². The SMILES string of the molecule is CCCc1cc(C(=O)O)cc(CCC)c1OC(C(=O)O)c1cccc(Br)c1. The standard InChI is InChI=1S/C21H23BrO5/c1-3-6-13-10-16(20(23)24)11-14(7-4-2)18(13)27-19(21(25)26)15-8-5-9-17(22)12-15/h5,8-12,19H,3-4,6-7H2,1-2H3,(H,23,24)(H,25,26). The van der Waals surface area contributed by atoms with E-state index in [0.717, 1.165) is 28.4 Å². The molecule has 0 aliphatic rings. The molecule has 0 heterocycles. The maximum Gasteiger partial charge on any atom is 0.349 e. The molecule has 1 atom stereocenters. The Hall–Kier alpha value is -2.34. The molecular weight excluding hydrogens is 412 g/mol. The average molecular weight is 435 g/mol. The van der Waals surface area contributed by atoms with Crippen molar-refractivity contribution in [3.63, 3.8) is 0 Å². The highest BCUT2D eigenvalue weighted by molar-refractivity contribution is 9.10. The van der Waals surface area contributed by atoms with E-state index >= 15 is 0 Å². The molecule has 1 unspecified atom stereocenters. The predicted octanol–water partition coefficient (Wildman–Crippen LogP) is 5.26. The van der Waals surface area contributed by atoms with E-state index in [0.29, 0.717) is 24.2 Å². The van der Waals surface area contributed by atoms with Gasteiger partial charge in [0.15, 0.2) is 0 Å². The largest absolute Gasteiger partial charge is 0.478 e. The molecule has 2 N–H and O–H groups in total. The molecule has 6 heteroatoms. The third-order valence-corrected chi connectivity index (χ3v) is 4.63. The second-order valence-electron chi connectivity index (χ2n) is 6.32. The number of carbonyl (C=O) groups is 2. The lowest BCUT2D eigenvalue weighted by Crippen LogP contribution is -2.20. The number of benzene rings is 2. The van der Waals surface area contributed by atoms with Crippen molar-refractivity contribution in [3.05, 3.63) is 63.1 Å². The number of carboxylic acid groups (broad SMARTS) is 2. The summed E-state index contributed by atoms with van der Waals surface area (Å²) in [5.74, 6) is -1.62. The van der Waals surface area contributed by atoms with E-state index in [4.69, 9.17) is 4.74 Å². The number of aryl methyl sites for hydroxylation is 2. The molecule has 5 nitrogen and oxygen atoms in total. The van der Waals surface area contributed by atoms with Gasteiger partial charge in [0, 0.05) is 10.0 Å². The summed E-state index contributed by atoms with van der Waals surface area (Å²) in [5, 5.41) is 19.1. The minimum Gasteiger partial charge on any atom is -0.478 e. The smallest absolute Gasteiger partial charge is 0.349 e. The summed E-state index contributed by atoms with van der Waals surface area (Å²) in [6.45, 7) is 3.97. The number of halogens is 1.